The van der Waals surface area contributed by atoms with Gasteiger partial charge in [-0.25, -0.2) is 4.79 Å². The Kier molecular flexibility index (Phi) is 3.68. The Morgan fingerprint density at radius 1 is 1.14 bits per heavy atom. The molecule has 3 unspecified atom stereocenters. The van der Waals surface area contributed by atoms with Crippen molar-refractivity contribution in [2.75, 3.05) is 5.32 Å². The number of anilines is 1. The number of rotatable bonds is 3. The van der Waals surface area contributed by atoms with Crippen LogP contribution in [0.3, 0.4) is 0 Å². The van der Waals surface area contributed by atoms with Gasteiger partial charge in [-0.1, -0.05) is 35.4 Å². The van der Waals surface area contributed by atoms with Crippen molar-refractivity contribution >= 4 is 40.8 Å². The van der Waals surface area contributed by atoms with Crippen molar-refractivity contribution in [3.05, 3.63) is 39.9 Å². The number of fused-ring (bicyclic) bond motifs is 2. The minimum atomic E-state index is -1.22. The fourth-order valence-electron chi connectivity index (χ4n) is 3.18. The Morgan fingerprint density at radius 2 is 1.86 bits per heavy atom. The van der Waals surface area contributed by atoms with Crippen molar-refractivity contribution in [1.82, 2.24) is 0 Å². The molecule has 2 bridgehead atoms. The predicted octanol–water partition coefficient (Wildman–Crippen LogP) is 3.84. The molecule has 0 spiro atoms. The summed E-state index contributed by atoms with van der Waals surface area (Å²) in [5.74, 6) is -0.846. The van der Waals surface area contributed by atoms with E-state index >= 15 is 0 Å². The highest BCUT2D eigenvalue weighted by Gasteiger charge is 2.40. The number of aromatic carboxylic acids is 1. The first-order chi connectivity index (χ1) is 9.97. The molecule has 1 aromatic carbocycles. The second kappa shape index (κ2) is 5.35. The molecule has 1 aromatic rings. The highest BCUT2D eigenvalue weighted by atomic mass is 35.5. The van der Waals surface area contributed by atoms with Crippen LogP contribution in [-0.4, -0.2) is 17.0 Å². The molecule has 21 heavy (non-hydrogen) atoms. The number of carboxylic acids is 1. The van der Waals surface area contributed by atoms with Gasteiger partial charge in [-0.05, 0) is 36.8 Å². The van der Waals surface area contributed by atoms with Crippen LogP contribution in [0.5, 0.6) is 0 Å². The Morgan fingerprint density at radius 3 is 2.43 bits per heavy atom. The van der Waals surface area contributed by atoms with Gasteiger partial charge in [-0.3, -0.25) is 4.79 Å². The molecule has 0 heterocycles. The number of nitrogens with one attached hydrogen (secondary N) is 1. The number of carboxylic acid groups (broad SMARTS) is 1. The molecule has 0 radical (unpaired) electrons. The standard InChI is InChI=1S/C15H13Cl2NO3/c16-10-3-4-11(17)13(12(10)15(20)21)18-14(19)9-6-7-1-2-8(9)5-7/h1-4,7-9H,5-6H2,(H,18,19)(H,20,21). The van der Waals surface area contributed by atoms with E-state index in [0.29, 0.717) is 5.92 Å². The highest BCUT2D eigenvalue weighted by Crippen LogP contribution is 2.44. The van der Waals surface area contributed by atoms with Gasteiger partial charge in [0.2, 0.25) is 5.91 Å². The SMILES string of the molecule is O=C(O)c1c(Cl)ccc(Cl)c1NC(=O)C1CC2C=CC1C2. The maximum Gasteiger partial charge on any atom is 0.339 e. The number of carbonyl (C=O) groups is 2. The molecule has 0 aliphatic heterocycles. The molecule has 0 aromatic heterocycles. The number of halogens is 2. The third kappa shape index (κ3) is 2.54. The van der Waals surface area contributed by atoms with Gasteiger partial charge in [0.05, 0.1) is 15.7 Å². The quantitative estimate of drug-likeness (QED) is 0.829. The van der Waals surface area contributed by atoms with Crippen molar-refractivity contribution in [2.24, 2.45) is 17.8 Å². The zero-order valence-corrected chi connectivity index (χ0v) is 12.5. The molecule has 3 rings (SSSR count). The van der Waals surface area contributed by atoms with Crippen LogP contribution in [0.25, 0.3) is 0 Å². The molecule has 1 amide bonds. The van der Waals surface area contributed by atoms with Crippen molar-refractivity contribution in [2.45, 2.75) is 12.8 Å². The van der Waals surface area contributed by atoms with E-state index in [4.69, 9.17) is 23.2 Å². The lowest BCUT2D eigenvalue weighted by Gasteiger charge is -2.19. The summed E-state index contributed by atoms with van der Waals surface area (Å²) in [7, 11) is 0. The molecular formula is C15H13Cl2NO3. The first-order valence-corrected chi connectivity index (χ1v) is 7.43. The third-order valence-corrected chi connectivity index (χ3v) is 4.81. The summed E-state index contributed by atoms with van der Waals surface area (Å²) in [5, 5.41) is 12.1. The zero-order chi connectivity index (χ0) is 15.1. The summed E-state index contributed by atoms with van der Waals surface area (Å²) in [4.78, 5) is 23.7. The topological polar surface area (TPSA) is 66.4 Å². The van der Waals surface area contributed by atoms with E-state index in [1.807, 2.05) is 0 Å². The number of benzene rings is 1. The molecule has 3 atom stereocenters. The average molecular weight is 326 g/mol. The average Bonchev–Trinajstić information content (AvgIpc) is 3.05. The lowest BCUT2D eigenvalue weighted by molar-refractivity contribution is -0.120. The summed E-state index contributed by atoms with van der Waals surface area (Å²) in [6, 6.07) is 2.88. The summed E-state index contributed by atoms with van der Waals surface area (Å²) in [5.41, 5.74) is -0.0929. The van der Waals surface area contributed by atoms with Crippen LogP contribution in [0.15, 0.2) is 24.3 Å². The molecule has 2 N–H and O–H groups in total. The van der Waals surface area contributed by atoms with Crippen LogP contribution in [0.2, 0.25) is 10.0 Å². The van der Waals surface area contributed by atoms with Gasteiger partial charge < -0.3 is 10.4 Å². The molecular weight excluding hydrogens is 313 g/mol. The smallest absolute Gasteiger partial charge is 0.339 e. The maximum absolute atomic E-state index is 12.4. The minimum absolute atomic E-state index is 0.0510. The van der Waals surface area contributed by atoms with Gasteiger partial charge in [-0.2, -0.15) is 0 Å². The minimum Gasteiger partial charge on any atom is -0.478 e. The van der Waals surface area contributed by atoms with Crippen LogP contribution in [-0.2, 0) is 4.79 Å². The first-order valence-electron chi connectivity index (χ1n) is 6.68. The Labute approximate surface area is 131 Å². The fourth-order valence-corrected chi connectivity index (χ4v) is 3.62. The van der Waals surface area contributed by atoms with Crippen LogP contribution < -0.4 is 5.32 Å². The second-order valence-corrected chi connectivity index (χ2v) is 6.27. The molecule has 2 aliphatic rings. The summed E-state index contributed by atoms with van der Waals surface area (Å²) in [6.07, 6.45) is 6.00. The molecule has 1 fully saturated rings. The summed E-state index contributed by atoms with van der Waals surface area (Å²) >= 11 is 11.9. The van der Waals surface area contributed by atoms with Crippen LogP contribution in [0, 0.1) is 17.8 Å². The van der Waals surface area contributed by atoms with Gasteiger partial charge >= 0.3 is 5.97 Å². The second-order valence-electron chi connectivity index (χ2n) is 5.46. The fraction of sp³-hybridized carbons (Fsp3) is 0.333. The lowest BCUT2D eigenvalue weighted by Crippen LogP contribution is -2.27. The molecule has 4 nitrogen and oxygen atoms in total. The summed E-state index contributed by atoms with van der Waals surface area (Å²) < 4.78 is 0. The molecule has 2 aliphatic carbocycles. The van der Waals surface area contributed by atoms with Gasteiger partial charge in [0.1, 0.15) is 5.56 Å². The van der Waals surface area contributed by atoms with E-state index in [1.54, 1.807) is 0 Å². The first kappa shape index (κ1) is 14.4. The molecule has 0 saturated heterocycles. The number of allylic oxidation sites excluding steroid dienone is 2. The van der Waals surface area contributed by atoms with Gasteiger partial charge in [0.15, 0.2) is 0 Å². The predicted molar refractivity (Wildman–Crippen MR) is 80.9 cm³/mol. The van der Waals surface area contributed by atoms with E-state index in [2.05, 4.69) is 17.5 Å². The van der Waals surface area contributed by atoms with Crippen molar-refractivity contribution in [3.8, 4) is 0 Å². The normalized spacial score (nSPS) is 26.1. The number of amides is 1. The van der Waals surface area contributed by atoms with Crippen molar-refractivity contribution in [1.29, 1.82) is 0 Å². The maximum atomic E-state index is 12.4. The van der Waals surface area contributed by atoms with Crippen LogP contribution in [0.4, 0.5) is 5.69 Å². The van der Waals surface area contributed by atoms with Crippen LogP contribution in [0.1, 0.15) is 23.2 Å². The van der Waals surface area contributed by atoms with Crippen molar-refractivity contribution in [3.63, 3.8) is 0 Å². The number of hydrogen-bond acceptors (Lipinski definition) is 2. The van der Waals surface area contributed by atoms with Crippen LogP contribution >= 0.6 is 23.2 Å². The Bertz CT molecular complexity index is 657. The van der Waals surface area contributed by atoms with E-state index in [-0.39, 0.29) is 39.0 Å². The van der Waals surface area contributed by atoms with E-state index in [0.717, 1.165) is 12.8 Å². The van der Waals surface area contributed by atoms with Crippen molar-refractivity contribution < 1.29 is 14.7 Å². The zero-order valence-electron chi connectivity index (χ0n) is 11.0. The van der Waals surface area contributed by atoms with Gasteiger partial charge in [-0.15, -0.1) is 0 Å². The molecule has 110 valence electrons. The van der Waals surface area contributed by atoms with E-state index in [1.165, 1.54) is 12.1 Å². The molecule has 6 heteroatoms. The largest absolute Gasteiger partial charge is 0.478 e. The monoisotopic (exact) mass is 325 g/mol. The Balaban J connectivity index is 1.88. The molecule has 1 saturated carbocycles. The van der Waals surface area contributed by atoms with E-state index in [9.17, 15) is 14.7 Å². The summed E-state index contributed by atoms with van der Waals surface area (Å²) in [6.45, 7) is 0. The number of carbonyl (C=O) groups excluding carboxylic acids is 1. The van der Waals surface area contributed by atoms with Gasteiger partial charge in [0, 0.05) is 5.92 Å². The number of hydrogen-bond donors (Lipinski definition) is 2. The lowest BCUT2D eigenvalue weighted by atomic mass is 9.92. The van der Waals surface area contributed by atoms with Gasteiger partial charge in [0.25, 0.3) is 0 Å². The highest BCUT2D eigenvalue weighted by molar-refractivity contribution is 6.38. The third-order valence-electron chi connectivity index (χ3n) is 4.18. The van der Waals surface area contributed by atoms with E-state index < -0.39 is 5.97 Å². The Hall–Kier alpha value is -1.52.